The van der Waals surface area contributed by atoms with Crippen molar-refractivity contribution < 1.29 is 24.8 Å². The fourth-order valence-corrected chi connectivity index (χ4v) is 2.15. The van der Waals surface area contributed by atoms with Gasteiger partial charge in [-0.05, 0) is 24.6 Å². The maximum absolute atomic E-state index is 11.3. The monoisotopic (exact) mass is 285 g/mol. The minimum atomic E-state index is -0.0529. The lowest BCUT2D eigenvalue weighted by Crippen LogP contribution is -3.00. The van der Waals surface area contributed by atoms with Crippen LogP contribution < -0.4 is 35.7 Å². The average molecular weight is 286 g/mol. The Morgan fingerprint density at radius 1 is 1.17 bits per heavy atom. The predicted octanol–water partition coefficient (Wildman–Crippen LogP) is -4.76. The predicted molar refractivity (Wildman–Crippen MR) is 64.4 cm³/mol. The molecule has 2 aromatic rings. The Morgan fingerprint density at radius 3 is 2.72 bits per heavy atom. The average Bonchev–Trinajstić information content (AvgIpc) is 2.73. The normalized spacial score (nSPS) is 14.6. The molecule has 4 nitrogen and oxygen atoms in total. The zero-order valence-electron chi connectivity index (χ0n) is 9.59. The molecule has 0 amide bonds. The molecule has 1 aliphatic rings. The van der Waals surface area contributed by atoms with Crippen LogP contribution in [-0.4, -0.2) is 23.1 Å². The van der Waals surface area contributed by atoms with Crippen LogP contribution in [0.4, 0.5) is 0 Å². The van der Waals surface area contributed by atoms with Gasteiger partial charge in [-0.2, -0.15) is 0 Å². The number of pyridine rings is 1. The Balaban J connectivity index is 0.000000810. The molecule has 0 bridgehead atoms. The molecule has 0 spiro atoms. The summed E-state index contributed by atoms with van der Waals surface area (Å²) in [7, 11) is 0. The van der Waals surface area contributed by atoms with E-state index in [1.807, 2.05) is 12.3 Å². The molecule has 0 saturated carbocycles. The summed E-state index contributed by atoms with van der Waals surface area (Å²) in [6.07, 6.45) is 5.15. The highest BCUT2D eigenvalue weighted by Gasteiger charge is 2.11. The van der Waals surface area contributed by atoms with Crippen LogP contribution in [0.5, 0.6) is 0 Å². The van der Waals surface area contributed by atoms with Crippen LogP contribution in [0, 0.1) is 0 Å². The van der Waals surface area contributed by atoms with Crippen LogP contribution in [0.2, 0.25) is 0 Å². The quantitative estimate of drug-likeness (QED) is 0.493. The van der Waals surface area contributed by atoms with Crippen LogP contribution in [0.15, 0.2) is 29.2 Å². The van der Waals surface area contributed by atoms with E-state index in [1.54, 1.807) is 6.07 Å². The van der Waals surface area contributed by atoms with Gasteiger partial charge in [0.2, 0.25) is 5.56 Å². The lowest BCUT2D eigenvalue weighted by molar-refractivity contribution is -0.001000. The molecule has 18 heavy (non-hydrogen) atoms. The van der Waals surface area contributed by atoms with Gasteiger partial charge in [0.25, 0.3) is 0 Å². The lowest BCUT2D eigenvalue weighted by Gasteiger charge is -2.12. The van der Waals surface area contributed by atoms with Gasteiger partial charge in [-0.15, -0.1) is 0 Å². The van der Waals surface area contributed by atoms with E-state index in [0.717, 1.165) is 36.1 Å². The minimum Gasteiger partial charge on any atom is -1.00 e. The standard InChI is InChI=1S/C12H13N3O.2ClH/c16-11-2-1-10-12(15-11)9(7-14-10)8-3-5-13-6-4-8;;/h1-3,7,13-14H,4-6H2,(H,15,16);2*1H/p-2. The first-order valence-electron chi connectivity index (χ1n) is 5.45. The smallest absolute Gasteiger partial charge is 0.248 e. The fourth-order valence-electron chi connectivity index (χ4n) is 2.15. The SMILES string of the molecule is O=c1ccc2[nH]cc(C3=CCNCC3)c2[nH]1.[Cl-].[Cl-]. The van der Waals surface area contributed by atoms with Crippen LogP contribution in [0.25, 0.3) is 16.6 Å². The Hall–Kier alpha value is -1.23. The summed E-state index contributed by atoms with van der Waals surface area (Å²) in [6.45, 7) is 1.90. The van der Waals surface area contributed by atoms with Gasteiger partial charge in [-0.1, -0.05) is 6.08 Å². The van der Waals surface area contributed by atoms with E-state index >= 15 is 0 Å². The van der Waals surface area contributed by atoms with E-state index < -0.39 is 0 Å². The highest BCUT2D eigenvalue weighted by molar-refractivity contribution is 5.89. The van der Waals surface area contributed by atoms with Crippen molar-refractivity contribution >= 4 is 16.6 Å². The minimum absolute atomic E-state index is 0. The molecule has 3 rings (SSSR count). The summed E-state index contributed by atoms with van der Waals surface area (Å²) in [5.74, 6) is 0. The first kappa shape index (κ1) is 14.8. The Morgan fingerprint density at radius 2 is 2.00 bits per heavy atom. The van der Waals surface area contributed by atoms with Gasteiger partial charge in [0, 0.05) is 24.4 Å². The van der Waals surface area contributed by atoms with E-state index in [9.17, 15) is 4.79 Å². The molecule has 0 aliphatic carbocycles. The highest BCUT2D eigenvalue weighted by atomic mass is 35.5. The number of fused-ring (bicyclic) bond motifs is 1. The molecule has 6 heteroatoms. The second-order valence-corrected chi connectivity index (χ2v) is 4.00. The van der Waals surface area contributed by atoms with Crippen molar-refractivity contribution in [3.8, 4) is 0 Å². The molecule has 0 fully saturated rings. The van der Waals surface area contributed by atoms with Crippen LogP contribution in [0.1, 0.15) is 12.0 Å². The molecular formula is C12H13Cl2N3O-2. The van der Waals surface area contributed by atoms with E-state index in [-0.39, 0.29) is 30.4 Å². The molecule has 3 N–H and O–H groups in total. The van der Waals surface area contributed by atoms with Crippen molar-refractivity contribution in [3.05, 3.63) is 40.3 Å². The largest absolute Gasteiger partial charge is 1.00 e. The summed E-state index contributed by atoms with van der Waals surface area (Å²) in [5.41, 5.74) is 4.26. The summed E-state index contributed by atoms with van der Waals surface area (Å²) in [6, 6.07) is 3.36. The van der Waals surface area contributed by atoms with Crippen molar-refractivity contribution in [1.82, 2.24) is 15.3 Å². The van der Waals surface area contributed by atoms with E-state index in [2.05, 4.69) is 21.4 Å². The molecule has 0 atom stereocenters. The van der Waals surface area contributed by atoms with Crippen molar-refractivity contribution in [1.29, 1.82) is 0 Å². The number of nitrogens with one attached hydrogen (secondary N) is 3. The summed E-state index contributed by atoms with van der Waals surface area (Å²) in [5, 5.41) is 3.28. The van der Waals surface area contributed by atoms with Gasteiger partial charge in [0.1, 0.15) is 0 Å². The highest BCUT2D eigenvalue weighted by Crippen LogP contribution is 2.25. The number of hydrogen-bond acceptors (Lipinski definition) is 2. The number of hydrogen-bond donors (Lipinski definition) is 3. The van der Waals surface area contributed by atoms with Crippen LogP contribution >= 0.6 is 0 Å². The molecule has 0 radical (unpaired) electrons. The number of aromatic nitrogens is 2. The summed E-state index contributed by atoms with van der Waals surface area (Å²) in [4.78, 5) is 17.4. The fraction of sp³-hybridized carbons (Fsp3) is 0.250. The molecule has 0 aromatic carbocycles. The summed E-state index contributed by atoms with van der Waals surface area (Å²) < 4.78 is 0. The maximum atomic E-state index is 11.3. The molecule has 0 saturated heterocycles. The third-order valence-electron chi connectivity index (χ3n) is 2.97. The number of halogens is 2. The molecule has 98 valence electrons. The third kappa shape index (κ3) is 2.61. The number of H-pyrrole nitrogens is 2. The Bertz CT molecular complexity index is 615. The Kier molecular flexibility index (Phi) is 5.02. The topological polar surface area (TPSA) is 60.7 Å². The number of aromatic amines is 2. The number of rotatable bonds is 1. The van der Waals surface area contributed by atoms with Gasteiger partial charge >= 0.3 is 0 Å². The molecule has 3 heterocycles. The third-order valence-corrected chi connectivity index (χ3v) is 2.97. The molecule has 2 aromatic heterocycles. The van der Waals surface area contributed by atoms with Crippen molar-refractivity contribution in [2.45, 2.75) is 6.42 Å². The van der Waals surface area contributed by atoms with Crippen molar-refractivity contribution in [3.63, 3.8) is 0 Å². The first-order valence-corrected chi connectivity index (χ1v) is 5.45. The second kappa shape index (κ2) is 6.09. The summed E-state index contributed by atoms with van der Waals surface area (Å²) >= 11 is 0. The van der Waals surface area contributed by atoms with Gasteiger partial charge in [-0.3, -0.25) is 4.79 Å². The first-order chi connectivity index (χ1) is 7.84. The molecular weight excluding hydrogens is 273 g/mol. The van der Waals surface area contributed by atoms with Crippen LogP contribution in [0.3, 0.4) is 0 Å². The lowest BCUT2D eigenvalue weighted by atomic mass is 10.0. The Labute approximate surface area is 117 Å². The molecule has 0 unspecified atom stereocenters. The van der Waals surface area contributed by atoms with E-state index in [4.69, 9.17) is 0 Å². The van der Waals surface area contributed by atoms with Crippen molar-refractivity contribution in [2.24, 2.45) is 0 Å². The molecule has 1 aliphatic heterocycles. The second-order valence-electron chi connectivity index (χ2n) is 4.00. The van der Waals surface area contributed by atoms with E-state index in [0.29, 0.717) is 0 Å². The van der Waals surface area contributed by atoms with Crippen molar-refractivity contribution in [2.75, 3.05) is 13.1 Å². The zero-order valence-corrected chi connectivity index (χ0v) is 11.1. The van der Waals surface area contributed by atoms with Gasteiger partial charge < -0.3 is 40.1 Å². The van der Waals surface area contributed by atoms with Gasteiger partial charge in [0.15, 0.2) is 0 Å². The maximum Gasteiger partial charge on any atom is 0.248 e. The van der Waals surface area contributed by atoms with E-state index in [1.165, 1.54) is 5.57 Å². The zero-order chi connectivity index (χ0) is 11.0. The van der Waals surface area contributed by atoms with Gasteiger partial charge in [0.05, 0.1) is 11.0 Å². The van der Waals surface area contributed by atoms with Crippen LogP contribution in [-0.2, 0) is 0 Å². The van der Waals surface area contributed by atoms with Gasteiger partial charge in [-0.25, -0.2) is 0 Å².